The van der Waals surface area contributed by atoms with Crippen LogP contribution in [0.4, 0.5) is 0 Å². The molecule has 2 aromatic rings. The van der Waals surface area contributed by atoms with Crippen LogP contribution in [0.25, 0.3) is 6.08 Å². The van der Waals surface area contributed by atoms with E-state index in [0.29, 0.717) is 27.1 Å². The number of benzene rings is 2. The van der Waals surface area contributed by atoms with E-state index in [1.165, 1.54) is 40.9 Å². The lowest BCUT2D eigenvalue weighted by Crippen LogP contribution is -2.41. The van der Waals surface area contributed by atoms with Crippen LogP contribution in [-0.4, -0.2) is 45.4 Å². The van der Waals surface area contributed by atoms with Crippen LogP contribution in [-0.2, 0) is 9.59 Å². The predicted molar refractivity (Wildman–Crippen MR) is 125 cm³/mol. The number of phenolic OH excluding ortho intramolecular Hbond substituents is 1. The first-order valence-electron chi connectivity index (χ1n) is 9.94. The van der Waals surface area contributed by atoms with Crippen molar-refractivity contribution in [1.82, 2.24) is 15.8 Å². The topological polar surface area (TPSA) is 117 Å². The second kappa shape index (κ2) is 9.92. The summed E-state index contributed by atoms with van der Waals surface area (Å²) in [5.74, 6) is 0.0532. The fourth-order valence-corrected chi connectivity index (χ4v) is 4.46. The third-order valence-electron chi connectivity index (χ3n) is 4.78. The molecule has 0 bridgehead atoms. The molecule has 0 radical (unpaired) electrons. The summed E-state index contributed by atoms with van der Waals surface area (Å²) in [4.78, 5) is 38.7. The number of amides is 3. The van der Waals surface area contributed by atoms with Gasteiger partial charge in [0.25, 0.3) is 11.8 Å². The number of nitrogens with zero attached hydrogens (tertiary/aromatic N) is 1. The standard InChI is InChI=1S/C22H19N3O6S2/c26-15-4-1-3-14(11-15)20(28)24-23-19(27)5-2-8-25-21(29)18(33-22(25)32)10-13-6-7-16-17(9-13)31-12-30-16/h1,3-4,6-7,9-11,26H,2,5,8,12H2,(H,23,27)(H,24,28). The molecule has 0 aromatic heterocycles. The van der Waals surface area contributed by atoms with Crippen LogP contribution in [0.1, 0.15) is 28.8 Å². The number of hydrogen-bond donors (Lipinski definition) is 3. The Morgan fingerprint density at radius 3 is 2.79 bits per heavy atom. The van der Waals surface area contributed by atoms with E-state index in [9.17, 15) is 19.5 Å². The van der Waals surface area contributed by atoms with E-state index in [2.05, 4.69) is 10.9 Å². The Bertz CT molecular complexity index is 1170. The normalized spacial score (nSPS) is 15.8. The van der Waals surface area contributed by atoms with Gasteiger partial charge in [-0.25, -0.2) is 0 Å². The van der Waals surface area contributed by atoms with Crippen molar-refractivity contribution in [3.05, 3.63) is 58.5 Å². The van der Waals surface area contributed by atoms with Crippen molar-refractivity contribution in [1.29, 1.82) is 0 Å². The summed E-state index contributed by atoms with van der Waals surface area (Å²) in [7, 11) is 0. The van der Waals surface area contributed by atoms with Gasteiger partial charge in [0.05, 0.1) is 4.91 Å². The van der Waals surface area contributed by atoms with Crippen molar-refractivity contribution >= 4 is 52.1 Å². The lowest BCUT2D eigenvalue weighted by Gasteiger charge is -2.14. The van der Waals surface area contributed by atoms with Gasteiger partial charge in [0.15, 0.2) is 11.5 Å². The maximum atomic E-state index is 12.7. The number of ether oxygens (including phenoxy) is 2. The number of hydrazine groups is 1. The number of hydrogen-bond acceptors (Lipinski definition) is 8. The Morgan fingerprint density at radius 1 is 1.15 bits per heavy atom. The van der Waals surface area contributed by atoms with Gasteiger partial charge >= 0.3 is 0 Å². The maximum absolute atomic E-state index is 12.7. The number of thioether (sulfide) groups is 1. The Kier molecular flexibility index (Phi) is 6.80. The van der Waals surface area contributed by atoms with Gasteiger partial charge in [-0.2, -0.15) is 0 Å². The van der Waals surface area contributed by atoms with Gasteiger partial charge in [-0.05, 0) is 48.4 Å². The molecule has 1 saturated heterocycles. The maximum Gasteiger partial charge on any atom is 0.269 e. The smallest absolute Gasteiger partial charge is 0.269 e. The first kappa shape index (κ1) is 22.6. The lowest BCUT2D eigenvalue weighted by atomic mass is 10.2. The van der Waals surface area contributed by atoms with Crippen molar-refractivity contribution in [2.75, 3.05) is 13.3 Å². The first-order chi connectivity index (χ1) is 15.9. The van der Waals surface area contributed by atoms with Gasteiger partial charge in [0.2, 0.25) is 12.7 Å². The molecule has 3 amide bonds. The second-order valence-corrected chi connectivity index (χ2v) is 8.78. The number of thiocarbonyl (C=S) groups is 1. The monoisotopic (exact) mass is 485 g/mol. The molecular weight excluding hydrogens is 466 g/mol. The minimum Gasteiger partial charge on any atom is -0.508 e. The van der Waals surface area contributed by atoms with E-state index in [1.54, 1.807) is 18.2 Å². The average Bonchev–Trinajstić information content (AvgIpc) is 3.36. The lowest BCUT2D eigenvalue weighted by molar-refractivity contribution is -0.124. The molecule has 9 nitrogen and oxygen atoms in total. The molecule has 0 unspecified atom stereocenters. The van der Waals surface area contributed by atoms with Crippen LogP contribution in [0.15, 0.2) is 47.4 Å². The zero-order valence-electron chi connectivity index (χ0n) is 17.2. The Hall–Kier alpha value is -3.57. The zero-order valence-corrected chi connectivity index (χ0v) is 18.8. The largest absolute Gasteiger partial charge is 0.508 e. The van der Waals surface area contributed by atoms with E-state index in [1.807, 2.05) is 6.07 Å². The number of carbonyl (C=O) groups is 3. The van der Waals surface area contributed by atoms with Crippen LogP contribution >= 0.6 is 24.0 Å². The highest BCUT2D eigenvalue weighted by molar-refractivity contribution is 8.26. The summed E-state index contributed by atoms with van der Waals surface area (Å²) < 4.78 is 11.1. The zero-order chi connectivity index (χ0) is 23.4. The molecule has 170 valence electrons. The van der Waals surface area contributed by atoms with Crippen LogP contribution in [0.3, 0.4) is 0 Å². The van der Waals surface area contributed by atoms with Gasteiger partial charge in [0, 0.05) is 18.5 Å². The molecule has 1 fully saturated rings. The van der Waals surface area contributed by atoms with Gasteiger partial charge < -0.3 is 14.6 Å². The molecule has 2 aliphatic heterocycles. The molecule has 11 heteroatoms. The van der Waals surface area contributed by atoms with Crippen molar-refractivity contribution in [2.45, 2.75) is 12.8 Å². The fourth-order valence-electron chi connectivity index (χ4n) is 3.15. The van der Waals surface area contributed by atoms with Crippen molar-refractivity contribution in [3.8, 4) is 17.2 Å². The molecular formula is C22H19N3O6S2. The molecule has 3 N–H and O–H groups in total. The highest BCUT2D eigenvalue weighted by Gasteiger charge is 2.31. The Morgan fingerprint density at radius 2 is 1.97 bits per heavy atom. The summed E-state index contributed by atoms with van der Waals surface area (Å²) in [5.41, 5.74) is 5.60. The number of aromatic hydroxyl groups is 1. The van der Waals surface area contributed by atoms with Crippen LogP contribution in [0.2, 0.25) is 0 Å². The highest BCUT2D eigenvalue weighted by atomic mass is 32.2. The van der Waals surface area contributed by atoms with Gasteiger partial charge in [-0.1, -0.05) is 36.1 Å². The third kappa shape index (κ3) is 5.44. The van der Waals surface area contributed by atoms with E-state index in [4.69, 9.17) is 21.7 Å². The second-order valence-electron chi connectivity index (χ2n) is 7.10. The summed E-state index contributed by atoms with van der Waals surface area (Å²) in [6.45, 7) is 0.449. The van der Waals surface area contributed by atoms with E-state index < -0.39 is 11.8 Å². The summed E-state index contributed by atoms with van der Waals surface area (Å²) >= 11 is 6.52. The van der Waals surface area contributed by atoms with Gasteiger partial charge in [-0.3, -0.25) is 30.1 Å². The number of carbonyl (C=O) groups excluding carboxylic acids is 3. The number of phenols is 1. The van der Waals surface area contributed by atoms with E-state index in [0.717, 1.165) is 5.56 Å². The van der Waals surface area contributed by atoms with Gasteiger partial charge in [0.1, 0.15) is 10.1 Å². The molecule has 2 heterocycles. The molecule has 0 atom stereocenters. The average molecular weight is 486 g/mol. The Labute approximate surface area is 198 Å². The predicted octanol–water partition coefficient (Wildman–Crippen LogP) is 2.56. The van der Waals surface area contributed by atoms with Crippen molar-refractivity contribution < 1.29 is 29.0 Å². The quantitative estimate of drug-likeness (QED) is 0.325. The van der Waals surface area contributed by atoms with Crippen LogP contribution in [0.5, 0.6) is 17.2 Å². The minimum absolute atomic E-state index is 0.0509. The highest BCUT2D eigenvalue weighted by Crippen LogP contribution is 2.36. The molecule has 2 aromatic carbocycles. The summed E-state index contributed by atoms with van der Waals surface area (Å²) in [6, 6.07) is 11.2. The van der Waals surface area contributed by atoms with Crippen LogP contribution < -0.4 is 20.3 Å². The molecule has 0 aliphatic carbocycles. The molecule has 0 spiro atoms. The number of fused-ring (bicyclic) bond motifs is 1. The van der Waals surface area contributed by atoms with Crippen molar-refractivity contribution in [3.63, 3.8) is 0 Å². The van der Waals surface area contributed by atoms with E-state index >= 15 is 0 Å². The summed E-state index contributed by atoms with van der Waals surface area (Å²) in [6.07, 6.45) is 2.18. The van der Waals surface area contributed by atoms with Gasteiger partial charge in [-0.15, -0.1) is 0 Å². The summed E-state index contributed by atoms with van der Waals surface area (Å²) in [5, 5.41) is 9.41. The number of rotatable bonds is 6. The molecule has 0 saturated carbocycles. The number of nitrogens with one attached hydrogen (secondary N) is 2. The molecule has 4 rings (SSSR count). The Balaban J connectivity index is 1.25. The minimum atomic E-state index is -0.551. The third-order valence-corrected chi connectivity index (χ3v) is 6.16. The SMILES string of the molecule is O=C(CCCN1C(=O)C(=Cc2ccc3c(c2)OCO3)SC1=S)NNC(=O)c1cccc(O)c1. The fraction of sp³-hybridized carbons (Fsp3) is 0.182. The van der Waals surface area contributed by atoms with Crippen LogP contribution in [0, 0.1) is 0 Å². The van der Waals surface area contributed by atoms with Crippen molar-refractivity contribution in [2.24, 2.45) is 0 Å². The van der Waals surface area contributed by atoms with E-state index in [-0.39, 0.29) is 37.0 Å². The molecule has 33 heavy (non-hydrogen) atoms. The first-order valence-corrected chi connectivity index (χ1v) is 11.2. The molecule has 2 aliphatic rings.